The van der Waals surface area contributed by atoms with Crippen molar-refractivity contribution in [2.45, 2.75) is 0 Å². The fourth-order valence-electron chi connectivity index (χ4n) is 2.60. The van der Waals surface area contributed by atoms with Gasteiger partial charge in [-0.3, -0.25) is 20.2 Å². The molecule has 11 nitrogen and oxygen atoms in total. The first-order valence-electron chi connectivity index (χ1n) is 8.06. The topological polar surface area (TPSA) is 136 Å². The molecule has 0 radical (unpaired) electrons. The fourth-order valence-corrected chi connectivity index (χ4v) is 2.60. The third-order valence-electron chi connectivity index (χ3n) is 3.88. The van der Waals surface area contributed by atoms with Crippen molar-refractivity contribution >= 4 is 24.0 Å². The van der Waals surface area contributed by atoms with Crippen LogP contribution < -0.4 is 5.32 Å². The maximum atomic E-state index is 11.6. The Morgan fingerprint density at radius 1 is 1.21 bits per heavy atom. The monoisotopic (exact) mass is 380 g/mol. The van der Waals surface area contributed by atoms with Gasteiger partial charge in [0.1, 0.15) is 17.2 Å². The number of para-hydroxylation sites is 1. The Morgan fingerprint density at radius 2 is 2.00 bits per heavy atom. The number of benzene rings is 1. The van der Waals surface area contributed by atoms with Crippen LogP contribution in [0.2, 0.25) is 0 Å². The molecule has 1 aliphatic heterocycles. The summed E-state index contributed by atoms with van der Waals surface area (Å²) in [5.74, 6) is -0.703. The van der Waals surface area contributed by atoms with Crippen LogP contribution in [0, 0.1) is 10.1 Å². The predicted molar refractivity (Wildman–Crippen MR) is 95.8 cm³/mol. The maximum Gasteiger partial charge on any atom is 0.433 e. The van der Waals surface area contributed by atoms with Crippen molar-refractivity contribution in [3.05, 3.63) is 64.3 Å². The number of carbonyl (C=O) groups excluding carboxylic acids is 2. The van der Waals surface area contributed by atoms with Gasteiger partial charge in [-0.15, -0.1) is 0 Å². The average molecular weight is 380 g/mol. The van der Waals surface area contributed by atoms with Gasteiger partial charge >= 0.3 is 11.9 Å². The number of nitrogens with one attached hydrogen (secondary N) is 1. The van der Waals surface area contributed by atoms with Crippen LogP contribution in [0.3, 0.4) is 0 Å². The lowest BCUT2D eigenvalue weighted by Gasteiger charge is -2.03. The number of hydrogen-bond donors (Lipinski definition) is 1. The Hall–Kier alpha value is -4.28. The van der Waals surface area contributed by atoms with Crippen molar-refractivity contribution in [2.75, 3.05) is 6.54 Å². The van der Waals surface area contributed by atoms with E-state index < -0.39 is 22.7 Å². The molecule has 11 heteroatoms. The third kappa shape index (κ3) is 3.23. The lowest BCUT2D eigenvalue weighted by Crippen LogP contribution is -2.24. The number of carbonyl (C=O) groups is 2. The zero-order chi connectivity index (χ0) is 19.7. The Labute approximate surface area is 157 Å². The largest absolute Gasteiger partial charge is 0.433 e. The van der Waals surface area contributed by atoms with Crippen LogP contribution in [-0.2, 0) is 4.79 Å². The SMILES string of the molecule is O=C1CN(/N=C/c2cn(-c3ccccc3)nc2-c2ccc([N+](=O)[O-])o2)C(=O)N1. The summed E-state index contributed by atoms with van der Waals surface area (Å²) in [5.41, 5.74) is 1.49. The van der Waals surface area contributed by atoms with Crippen LogP contribution in [0.15, 0.2) is 58.2 Å². The van der Waals surface area contributed by atoms with Gasteiger partial charge in [0, 0.05) is 11.8 Å². The second-order valence-electron chi connectivity index (χ2n) is 5.76. The Morgan fingerprint density at radius 3 is 2.64 bits per heavy atom. The van der Waals surface area contributed by atoms with Crippen LogP contribution in [0.25, 0.3) is 17.1 Å². The highest BCUT2D eigenvalue weighted by molar-refractivity contribution is 6.02. The molecule has 1 aromatic carbocycles. The van der Waals surface area contributed by atoms with Crippen LogP contribution in [0.4, 0.5) is 10.7 Å². The van der Waals surface area contributed by atoms with Crippen molar-refractivity contribution in [3.8, 4) is 17.1 Å². The van der Waals surface area contributed by atoms with E-state index in [4.69, 9.17) is 4.42 Å². The minimum absolute atomic E-state index is 0.171. The first-order valence-corrected chi connectivity index (χ1v) is 8.06. The number of urea groups is 1. The summed E-state index contributed by atoms with van der Waals surface area (Å²) >= 11 is 0. The van der Waals surface area contributed by atoms with Crippen molar-refractivity contribution < 1.29 is 18.9 Å². The van der Waals surface area contributed by atoms with Crippen molar-refractivity contribution in [2.24, 2.45) is 5.10 Å². The van der Waals surface area contributed by atoms with Crippen LogP contribution in [0.1, 0.15) is 5.56 Å². The van der Waals surface area contributed by atoms with E-state index in [1.165, 1.54) is 18.3 Å². The van der Waals surface area contributed by atoms with E-state index in [1.54, 1.807) is 10.9 Å². The van der Waals surface area contributed by atoms with Crippen molar-refractivity contribution in [3.63, 3.8) is 0 Å². The van der Waals surface area contributed by atoms with Gasteiger partial charge in [0.15, 0.2) is 5.76 Å². The number of nitrogens with zero attached hydrogens (tertiary/aromatic N) is 5. The number of hydrazone groups is 1. The minimum atomic E-state index is -0.647. The number of furan rings is 1. The molecule has 0 spiro atoms. The molecule has 2 aromatic heterocycles. The van der Waals surface area contributed by atoms with E-state index in [9.17, 15) is 19.7 Å². The molecular formula is C17H12N6O5. The van der Waals surface area contributed by atoms with E-state index in [2.05, 4.69) is 15.5 Å². The fraction of sp³-hybridized carbons (Fsp3) is 0.0588. The van der Waals surface area contributed by atoms with E-state index >= 15 is 0 Å². The van der Waals surface area contributed by atoms with Gasteiger partial charge in [-0.1, -0.05) is 18.2 Å². The molecule has 0 unspecified atom stereocenters. The minimum Gasteiger partial charge on any atom is -0.399 e. The molecule has 1 saturated heterocycles. The molecule has 0 saturated carbocycles. The summed E-state index contributed by atoms with van der Waals surface area (Å²) < 4.78 is 6.80. The van der Waals surface area contributed by atoms with Crippen LogP contribution >= 0.6 is 0 Å². The number of hydrogen-bond acceptors (Lipinski definition) is 7. The summed E-state index contributed by atoms with van der Waals surface area (Å²) in [6.45, 7) is -0.191. The smallest absolute Gasteiger partial charge is 0.399 e. The second-order valence-corrected chi connectivity index (χ2v) is 5.76. The molecular weight excluding hydrogens is 368 g/mol. The molecule has 0 atom stereocenters. The lowest BCUT2D eigenvalue weighted by atomic mass is 10.2. The molecule has 0 aliphatic carbocycles. The molecule has 3 amide bonds. The average Bonchev–Trinajstić information content (AvgIpc) is 3.39. The van der Waals surface area contributed by atoms with E-state index in [0.29, 0.717) is 11.3 Å². The van der Waals surface area contributed by atoms with E-state index in [-0.39, 0.29) is 12.3 Å². The molecule has 4 rings (SSSR count). The first kappa shape index (κ1) is 17.1. The molecule has 1 aliphatic rings. The number of rotatable bonds is 5. The van der Waals surface area contributed by atoms with Crippen LogP contribution in [-0.4, -0.2) is 44.4 Å². The summed E-state index contributed by atoms with van der Waals surface area (Å²) in [7, 11) is 0. The zero-order valence-electron chi connectivity index (χ0n) is 14.2. The molecule has 140 valence electrons. The highest BCUT2D eigenvalue weighted by Gasteiger charge is 2.26. The summed E-state index contributed by atoms with van der Waals surface area (Å²) in [6.07, 6.45) is 2.98. The Bertz CT molecular complexity index is 1100. The van der Waals surface area contributed by atoms with Gasteiger partial charge in [-0.25, -0.2) is 14.5 Å². The molecule has 3 heterocycles. The van der Waals surface area contributed by atoms with Crippen LogP contribution in [0.5, 0.6) is 0 Å². The molecule has 1 fully saturated rings. The molecule has 28 heavy (non-hydrogen) atoms. The number of imide groups is 1. The molecule has 1 N–H and O–H groups in total. The Balaban J connectivity index is 1.74. The van der Waals surface area contributed by atoms with Gasteiger partial charge in [0.2, 0.25) is 5.91 Å². The maximum absolute atomic E-state index is 11.6. The highest BCUT2D eigenvalue weighted by Crippen LogP contribution is 2.28. The number of aromatic nitrogens is 2. The van der Waals surface area contributed by atoms with Crippen molar-refractivity contribution in [1.82, 2.24) is 20.1 Å². The summed E-state index contributed by atoms with van der Waals surface area (Å²) in [5, 5.41) is 22.4. The lowest BCUT2D eigenvalue weighted by molar-refractivity contribution is -0.401. The van der Waals surface area contributed by atoms with E-state index in [1.807, 2.05) is 30.3 Å². The summed E-state index contributed by atoms with van der Waals surface area (Å²) in [6, 6.07) is 11.2. The number of nitro groups is 1. The molecule has 0 bridgehead atoms. The van der Waals surface area contributed by atoms with E-state index in [0.717, 1.165) is 10.7 Å². The highest BCUT2D eigenvalue weighted by atomic mass is 16.6. The normalized spacial score (nSPS) is 14.1. The number of amides is 3. The van der Waals surface area contributed by atoms with Gasteiger partial charge in [0.05, 0.1) is 18.0 Å². The first-order chi connectivity index (χ1) is 13.5. The summed E-state index contributed by atoms with van der Waals surface area (Å²) in [4.78, 5) is 33.2. The van der Waals surface area contributed by atoms with Gasteiger partial charge in [0.25, 0.3) is 0 Å². The standard InChI is InChI=1S/C17H12N6O5/c24-14-10-22(17(25)19-14)18-8-11-9-21(12-4-2-1-3-5-12)20-16(11)13-6-7-15(28-13)23(26)27/h1-9H,10H2,(H,19,24,25)/b18-8+. The van der Waals surface area contributed by atoms with Gasteiger partial charge in [-0.05, 0) is 18.2 Å². The predicted octanol–water partition coefficient (Wildman–Crippen LogP) is 1.93. The molecule has 3 aromatic rings. The van der Waals surface area contributed by atoms with Crippen molar-refractivity contribution in [1.29, 1.82) is 0 Å². The Kier molecular flexibility index (Phi) is 4.16. The second kappa shape index (κ2) is 6.79. The van der Waals surface area contributed by atoms with Gasteiger partial charge in [-0.2, -0.15) is 10.2 Å². The van der Waals surface area contributed by atoms with Gasteiger partial charge < -0.3 is 4.42 Å². The zero-order valence-corrected chi connectivity index (χ0v) is 14.2. The third-order valence-corrected chi connectivity index (χ3v) is 3.88. The quantitative estimate of drug-likeness (QED) is 0.311.